The Morgan fingerprint density at radius 3 is 2.44 bits per heavy atom. The first kappa shape index (κ1) is 14.5. The zero-order chi connectivity index (χ0) is 13.5. The molecule has 0 aliphatic carbocycles. The van der Waals surface area contributed by atoms with Crippen LogP contribution in [0.3, 0.4) is 0 Å². The number of carbonyl (C=O) groups excluding carboxylic acids is 1. The van der Waals surface area contributed by atoms with Gasteiger partial charge in [0.25, 0.3) is 0 Å². The Morgan fingerprint density at radius 2 is 1.94 bits per heavy atom. The average molecular weight is 251 g/mol. The molecule has 100 valence electrons. The van der Waals surface area contributed by atoms with Gasteiger partial charge in [0.05, 0.1) is 19.6 Å². The highest BCUT2D eigenvalue weighted by Crippen LogP contribution is 2.11. The van der Waals surface area contributed by atoms with Crippen LogP contribution in [-0.2, 0) is 11.2 Å². The van der Waals surface area contributed by atoms with Crippen LogP contribution in [0.1, 0.15) is 25.8 Å². The van der Waals surface area contributed by atoms with Crippen LogP contribution in [0.2, 0.25) is 0 Å². The lowest BCUT2D eigenvalue weighted by atomic mass is 10.1. The molecule has 0 spiro atoms. The number of hydrogen-bond acceptors (Lipinski definition) is 3. The second-order valence-corrected chi connectivity index (χ2v) is 4.58. The molecule has 0 aliphatic rings. The maximum absolute atomic E-state index is 11.7. The smallest absolute Gasteiger partial charge is 0.224 e. The van der Waals surface area contributed by atoms with E-state index in [4.69, 9.17) is 4.74 Å². The number of ether oxygens (including phenoxy) is 1. The fraction of sp³-hybridized carbons (Fsp3) is 0.500. The van der Waals surface area contributed by atoms with E-state index in [1.165, 1.54) is 0 Å². The fourth-order valence-corrected chi connectivity index (χ4v) is 1.83. The molecule has 0 radical (unpaired) electrons. The first-order chi connectivity index (χ1) is 8.51. The molecule has 2 unspecified atom stereocenters. The molecule has 0 saturated carbocycles. The molecule has 4 heteroatoms. The van der Waals surface area contributed by atoms with Gasteiger partial charge in [-0.1, -0.05) is 12.1 Å². The molecule has 0 heterocycles. The largest absolute Gasteiger partial charge is 0.497 e. The Kier molecular flexibility index (Phi) is 5.65. The van der Waals surface area contributed by atoms with Gasteiger partial charge < -0.3 is 15.2 Å². The Balaban J connectivity index is 2.43. The summed E-state index contributed by atoms with van der Waals surface area (Å²) < 4.78 is 5.05. The van der Waals surface area contributed by atoms with E-state index in [-0.39, 0.29) is 11.9 Å². The van der Waals surface area contributed by atoms with Crippen molar-refractivity contribution in [2.75, 3.05) is 7.11 Å². The summed E-state index contributed by atoms with van der Waals surface area (Å²) in [4.78, 5) is 11.7. The summed E-state index contributed by atoms with van der Waals surface area (Å²) in [5.74, 6) is 0.745. The molecular formula is C14H21NO3. The number of aliphatic hydroxyl groups excluding tert-OH is 1. The lowest BCUT2D eigenvalue weighted by Crippen LogP contribution is -2.35. The quantitative estimate of drug-likeness (QED) is 0.805. The highest BCUT2D eigenvalue weighted by molar-refractivity contribution is 5.78. The van der Waals surface area contributed by atoms with Crippen LogP contribution >= 0.6 is 0 Å². The minimum atomic E-state index is -0.402. The number of methoxy groups -OCH3 is 1. The van der Waals surface area contributed by atoms with Crippen molar-refractivity contribution < 1.29 is 14.6 Å². The van der Waals surface area contributed by atoms with Crippen LogP contribution in [0, 0.1) is 0 Å². The van der Waals surface area contributed by atoms with Gasteiger partial charge in [0.2, 0.25) is 5.91 Å². The van der Waals surface area contributed by atoms with Gasteiger partial charge in [0.15, 0.2) is 0 Å². The van der Waals surface area contributed by atoms with Crippen molar-refractivity contribution in [3.63, 3.8) is 0 Å². The van der Waals surface area contributed by atoms with Crippen LogP contribution in [-0.4, -0.2) is 30.3 Å². The minimum Gasteiger partial charge on any atom is -0.497 e. The van der Waals surface area contributed by atoms with Gasteiger partial charge in [0, 0.05) is 6.04 Å². The Hall–Kier alpha value is -1.55. The summed E-state index contributed by atoms with van der Waals surface area (Å²) in [5, 5.41) is 12.1. The molecule has 1 aromatic carbocycles. The lowest BCUT2D eigenvalue weighted by molar-refractivity contribution is -0.121. The Bertz CT molecular complexity index is 373. The summed E-state index contributed by atoms with van der Waals surface area (Å²) in [6.07, 6.45) is 0.504. The molecule has 0 bridgehead atoms. The summed E-state index contributed by atoms with van der Waals surface area (Å²) in [6.45, 7) is 3.60. The normalized spacial score (nSPS) is 13.8. The molecular weight excluding hydrogens is 230 g/mol. The summed E-state index contributed by atoms with van der Waals surface area (Å²) >= 11 is 0. The summed E-state index contributed by atoms with van der Waals surface area (Å²) in [7, 11) is 1.61. The van der Waals surface area contributed by atoms with Crippen molar-refractivity contribution in [2.45, 2.75) is 38.8 Å². The average Bonchev–Trinajstić information content (AvgIpc) is 2.28. The number of benzene rings is 1. The van der Waals surface area contributed by atoms with E-state index in [2.05, 4.69) is 5.32 Å². The third-order valence-corrected chi connectivity index (χ3v) is 2.63. The van der Waals surface area contributed by atoms with E-state index >= 15 is 0 Å². The van der Waals surface area contributed by atoms with E-state index in [1.807, 2.05) is 31.2 Å². The maximum atomic E-state index is 11.7. The molecule has 1 amide bonds. The lowest BCUT2D eigenvalue weighted by Gasteiger charge is -2.15. The number of amides is 1. The van der Waals surface area contributed by atoms with Crippen LogP contribution in [0.25, 0.3) is 0 Å². The summed E-state index contributed by atoms with van der Waals surface area (Å²) in [6, 6.07) is 7.40. The SMILES string of the molecule is COc1ccc(CC(=O)NC(C)CC(C)O)cc1. The van der Waals surface area contributed by atoms with Crippen molar-refractivity contribution in [3.8, 4) is 5.75 Å². The highest BCUT2D eigenvalue weighted by atomic mass is 16.5. The van der Waals surface area contributed by atoms with Crippen LogP contribution < -0.4 is 10.1 Å². The third-order valence-electron chi connectivity index (χ3n) is 2.63. The van der Waals surface area contributed by atoms with Gasteiger partial charge >= 0.3 is 0 Å². The molecule has 0 aliphatic heterocycles. The second kappa shape index (κ2) is 7.01. The first-order valence-corrected chi connectivity index (χ1v) is 6.11. The number of nitrogens with one attached hydrogen (secondary N) is 1. The first-order valence-electron chi connectivity index (χ1n) is 6.11. The standard InChI is InChI=1S/C14H21NO3/c1-10(8-11(2)16)15-14(17)9-12-4-6-13(18-3)7-5-12/h4-7,10-11,16H,8-9H2,1-3H3,(H,15,17). The van der Waals surface area contributed by atoms with Crippen molar-refractivity contribution in [1.29, 1.82) is 0 Å². The predicted molar refractivity (Wildman–Crippen MR) is 70.6 cm³/mol. The zero-order valence-corrected chi connectivity index (χ0v) is 11.1. The number of rotatable bonds is 6. The van der Waals surface area contributed by atoms with E-state index in [0.717, 1.165) is 11.3 Å². The van der Waals surface area contributed by atoms with E-state index in [1.54, 1.807) is 14.0 Å². The predicted octanol–water partition coefficient (Wildman–Crippen LogP) is 1.51. The van der Waals surface area contributed by atoms with Gasteiger partial charge in [-0.2, -0.15) is 0 Å². The molecule has 18 heavy (non-hydrogen) atoms. The number of hydrogen-bond donors (Lipinski definition) is 2. The Labute approximate surface area is 108 Å². The highest BCUT2D eigenvalue weighted by Gasteiger charge is 2.10. The monoisotopic (exact) mass is 251 g/mol. The number of aliphatic hydroxyl groups is 1. The van der Waals surface area contributed by atoms with Crippen LogP contribution in [0.5, 0.6) is 5.75 Å². The number of carbonyl (C=O) groups is 1. The van der Waals surface area contributed by atoms with Gasteiger partial charge in [-0.25, -0.2) is 0 Å². The molecule has 0 saturated heterocycles. The van der Waals surface area contributed by atoms with Gasteiger partial charge in [-0.3, -0.25) is 4.79 Å². The Morgan fingerprint density at radius 1 is 1.33 bits per heavy atom. The van der Waals surface area contributed by atoms with Crippen LogP contribution in [0.15, 0.2) is 24.3 Å². The van der Waals surface area contributed by atoms with Crippen LogP contribution in [0.4, 0.5) is 0 Å². The molecule has 0 fully saturated rings. The van der Waals surface area contributed by atoms with Gasteiger partial charge in [0.1, 0.15) is 5.75 Å². The van der Waals surface area contributed by atoms with Crippen molar-refractivity contribution in [3.05, 3.63) is 29.8 Å². The second-order valence-electron chi connectivity index (χ2n) is 4.58. The molecule has 2 atom stereocenters. The third kappa shape index (κ3) is 5.19. The molecule has 1 aromatic rings. The van der Waals surface area contributed by atoms with Crippen molar-refractivity contribution >= 4 is 5.91 Å². The van der Waals surface area contributed by atoms with E-state index in [9.17, 15) is 9.90 Å². The topological polar surface area (TPSA) is 58.6 Å². The molecule has 2 N–H and O–H groups in total. The van der Waals surface area contributed by atoms with Crippen molar-refractivity contribution in [2.24, 2.45) is 0 Å². The van der Waals surface area contributed by atoms with Crippen molar-refractivity contribution in [1.82, 2.24) is 5.32 Å². The minimum absolute atomic E-state index is 0.0178. The van der Waals surface area contributed by atoms with Gasteiger partial charge in [-0.05, 0) is 38.0 Å². The van der Waals surface area contributed by atoms with E-state index < -0.39 is 6.10 Å². The fourth-order valence-electron chi connectivity index (χ4n) is 1.83. The zero-order valence-electron chi connectivity index (χ0n) is 11.1. The van der Waals surface area contributed by atoms with Gasteiger partial charge in [-0.15, -0.1) is 0 Å². The molecule has 4 nitrogen and oxygen atoms in total. The molecule has 0 aromatic heterocycles. The summed E-state index contributed by atoms with van der Waals surface area (Å²) in [5.41, 5.74) is 0.942. The molecule has 1 rings (SSSR count). The van der Waals surface area contributed by atoms with E-state index in [0.29, 0.717) is 12.8 Å². The maximum Gasteiger partial charge on any atom is 0.224 e.